The van der Waals surface area contributed by atoms with Crippen molar-refractivity contribution in [3.8, 4) is 11.8 Å². The molecule has 0 unspecified atom stereocenters. The highest BCUT2D eigenvalue weighted by atomic mass is 14.6. The zero-order valence-corrected chi connectivity index (χ0v) is 8.85. The molecule has 0 fully saturated rings. The Bertz CT molecular complexity index is 527. The van der Waals surface area contributed by atoms with Crippen LogP contribution in [0.15, 0.2) is 55.2 Å². The second kappa shape index (κ2) is 4.95. The van der Waals surface area contributed by atoms with Crippen molar-refractivity contribution in [3.05, 3.63) is 72.1 Å². The topological polar surface area (TPSA) is 12.9 Å². The first-order valence-electron chi connectivity index (χ1n) is 5.04. The fraction of sp³-hybridized carbons (Fsp3) is 0. The van der Waals surface area contributed by atoms with E-state index in [-0.39, 0.29) is 0 Å². The third kappa shape index (κ3) is 2.59. The van der Waals surface area contributed by atoms with E-state index in [2.05, 4.69) is 23.4 Å². The summed E-state index contributed by atoms with van der Waals surface area (Å²) in [5, 5.41) is 0. The van der Waals surface area contributed by atoms with Gasteiger partial charge in [-0.2, -0.15) is 0 Å². The van der Waals surface area contributed by atoms with Crippen LogP contribution in [0.5, 0.6) is 0 Å². The van der Waals surface area contributed by atoms with Crippen molar-refractivity contribution in [1.82, 2.24) is 4.98 Å². The molecular weight excluding hydrogens is 194 g/mol. The van der Waals surface area contributed by atoms with Crippen molar-refractivity contribution in [2.45, 2.75) is 0 Å². The fourth-order valence-electron chi connectivity index (χ4n) is 1.28. The molecule has 0 spiro atoms. The summed E-state index contributed by atoms with van der Waals surface area (Å²) in [5.74, 6) is 6.08. The van der Waals surface area contributed by atoms with Gasteiger partial charge in [0.05, 0.1) is 0 Å². The molecule has 0 aliphatic carbocycles. The predicted molar refractivity (Wildman–Crippen MR) is 66.8 cm³/mol. The molecule has 0 atom stereocenters. The molecule has 0 aliphatic rings. The van der Waals surface area contributed by atoms with Gasteiger partial charge in [0.15, 0.2) is 0 Å². The average Bonchev–Trinajstić information content (AvgIpc) is 2.38. The van der Waals surface area contributed by atoms with Crippen LogP contribution in [0.3, 0.4) is 0 Å². The number of hydrogen-bond acceptors (Lipinski definition) is 1. The number of nitrogens with zero attached hydrogens (tertiary/aromatic N) is 1. The predicted octanol–water partition coefficient (Wildman–Crippen LogP) is 3.12. The van der Waals surface area contributed by atoms with E-state index in [4.69, 9.17) is 0 Å². The van der Waals surface area contributed by atoms with E-state index in [1.54, 1.807) is 6.20 Å². The van der Waals surface area contributed by atoms with Gasteiger partial charge in [-0.1, -0.05) is 36.8 Å². The van der Waals surface area contributed by atoms with E-state index in [0.717, 1.165) is 16.8 Å². The molecule has 2 aromatic rings. The van der Waals surface area contributed by atoms with Crippen molar-refractivity contribution in [3.63, 3.8) is 0 Å². The third-order valence-electron chi connectivity index (χ3n) is 2.15. The largest absolute Gasteiger partial charge is 0.248 e. The molecule has 0 saturated heterocycles. The molecule has 0 aliphatic heterocycles. The van der Waals surface area contributed by atoms with E-state index in [1.165, 1.54) is 0 Å². The summed E-state index contributed by atoms with van der Waals surface area (Å²) in [6.45, 7) is 3.71. The Hall–Kier alpha value is -2.33. The highest BCUT2D eigenvalue weighted by Gasteiger charge is 1.88. The lowest BCUT2D eigenvalue weighted by Crippen LogP contribution is -1.79. The van der Waals surface area contributed by atoms with Crippen LogP contribution in [0, 0.1) is 11.8 Å². The second-order valence-corrected chi connectivity index (χ2v) is 3.29. The Balaban J connectivity index is 2.21. The number of aromatic nitrogens is 1. The standard InChI is InChI=1S/C15H11N/c1-2-13-6-8-14(9-7-13)10-11-15-5-3-4-12-16-15/h2-9,12H,1H2. The van der Waals surface area contributed by atoms with Gasteiger partial charge in [0, 0.05) is 11.8 Å². The van der Waals surface area contributed by atoms with Crippen LogP contribution in [0.25, 0.3) is 6.08 Å². The van der Waals surface area contributed by atoms with Gasteiger partial charge in [-0.15, -0.1) is 0 Å². The van der Waals surface area contributed by atoms with Crippen molar-refractivity contribution < 1.29 is 0 Å². The van der Waals surface area contributed by atoms with Crippen molar-refractivity contribution in [2.75, 3.05) is 0 Å². The maximum atomic E-state index is 4.14. The number of rotatable bonds is 1. The summed E-state index contributed by atoms with van der Waals surface area (Å²) in [6.07, 6.45) is 3.56. The number of pyridine rings is 1. The molecule has 0 N–H and O–H groups in total. The summed E-state index contributed by atoms with van der Waals surface area (Å²) >= 11 is 0. The van der Waals surface area contributed by atoms with Gasteiger partial charge in [0.1, 0.15) is 5.69 Å². The molecule has 76 valence electrons. The molecule has 1 heterocycles. The SMILES string of the molecule is C=Cc1ccc(C#Cc2ccccn2)cc1. The van der Waals surface area contributed by atoms with E-state index in [0.29, 0.717) is 0 Å². The monoisotopic (exact) mass is 205 g/mol. The second-order valence-electron chi connectivity index (χ2n) is 3.29. The zero-order valence-electron chi connectivity index (χ0n) is 8.85. The van der Waals surface area contributed by atoms with Crippen LogP contribution in [0.2, 0.25) is 0 Å². The van der Waals surface area contributed by atoms with Crippen molar-refractivity contribution >= 4 is 6.08 Å². The van der Waals surface area contributed by atoms with Gasteiger partial charge < -0.3 is 0 Å². The molecule has 0 bridgehead atoms. The highest BCUT2D eigenvalue weighted by molar-refractivity contribution is 5.50. The summed E-state index contributed by atoms with van der Waals surface area (Å²) in [5.41, 5.74) is 2.87. The molecule has 1 nitrogen and oxygen atoms in total. The van der Waals surface area contributed by atoms with Gasteiger partial charge in [0.2, 0.25) is 0 Å². The molecule has 0 radical (unpaired) electrons. The van der Waals surface area contributed by atoms with Crippen LogP contribution < -0.4 is 0 Å². The molecule has 1 aromatic carbocycles. The minimum Gasteiger partial charge on any atom is -0.248 e. The fourth-order valence-corrected chi connectivity index (χ4v) is 1.28. The van der Waals surface area contributed by atoms with E-state index < -0.39 is 0 Å². The smallest absolute Gasteiger partial charge is 0.113 e. The molecule has 2 rings (SSSR count). The Morgan fingerprint density at radius 2 is 1.81 bits per heavy atom. The Labute approximate surface area is 95.5 Å². The van der Waals surface area contributed by atoms with Crippen molar-refractivity contribution in [2.24, 2.45) is 0 Å². The maximum Gasteiger partial charge on any atom is 0.113 e. The lowest BCUT2D eigenvalue weighted by atomic mass is 10.1. The van der Waals surface area contributed by atoms with E-state index >= 15 is 0 Å². The van der Waals surface area contributed by atoms with E-state index in [9.17, 15) is 0 Å². The summed E-state index contributed by atoms with van der Waals surface area (Å²) in [7, 11) is 0. The average molecular weight is 205 g/mol. The minimum atomic E-state index is 0.787. The lowest BCUT2D eigenvalue weighted by Gasteiger charge is -1.92. The van der Waals surface area contributed by atoms with Crippen LogP contribution in [-0.4, -0.2) is 4.98 Å². The third-order valence-corrected chi connectivity index (χ3v) is 2.15. The van der Waals surface area contributed by atoms with Gasteiger partial charge in [0.25, 0.3) is 0 Å². The Morgan fingerprint density at radius 3 is 2.44 bits per heavy atom. The Morgan fingerprint density at radius 1 is 1.00 bits per heavy atom. The number of benzene rings is 1. The molecule has 0 amide bonds. The summed E-state index contributed by atoms with van der Waals surface area (Å²) < 4.78 is 0. The zero-order chi connectivity index (χ0) is 11.2. The van der Waals surface area contributed by atoms with Crippen LogP contribution in [0.1, 0.15) is 16.8 Å². The lowest BCUT2D eigenvalue weighted by molar-refractivity contribution is 1.29. The molecule has 1 aromatic heterocycles. The molecular formula is C15H11N. The van der Waals surface area contributed by atoms with Gasteiger partial charge in [-0.3, -0.25) is 0 Å². The first-order chi connectivity index (χ1) is 7.88. The van der Waals surface area contributed by atoms with E-state index in [1.807, 2.05) is 48.5 Å². The van der Waals surface area contributed by atoms with Crippen molar-refractivity contribution in [1.29, 1.82) is 0 Å². The highest BCUT2D eigenvalue weighted by Crippen LogP contribution is 2.04. The van der Waals surface area contributed by atoms with Crippen LogP contribution >= 0.6 is 0 Å². The molecule has 1 heteroatoms. The van der Waals surface area contributed by atoms with Gasteiger partial charge >= 0.3 is 0 Å². The number of hydrogen-bond donors (Lipinski definition) is 0. The molecule has 16 heavy (non-hydrogen) atoms. The molecule has 0 saturated carbocycles. The normalized spacial score (nSPS) is 9.00. The maximum absolute atomic E-state index is 4.14. The quantitative estimate of drug-likeness (QED) is 0.652. The first-order valence-corrected chi connectivity index (χ1v) is 5.04. The van der Waals surface area contributed by atoms with Gasteiger partial charge in [-0.25, -0.2) is 4.98 Å². The first kappa shape index (κ1) is 10.2. The summed E-state index contributed by atoms with van der Waals surface area (Å²) in [6, 6.07) is 13.7. The Kier molecular flexibility index (Phi) is 3.15. The van der Waals surface area contributed by atoms with Gasteiger partial charge in [-0.05, 0) is 35.7 Å². The summed E-state index contributed by atoms with van der Waals surface area (Å²) in [4.78, 5) is 4.14. The minimum absolute atomic E-state index is 0.787. The van der Waals surface area contributed by atoms with Crippen LogP contribution in [0.4, 0.5) is 0 Å². The van der Waals surface area contributed by atoms with Crippen LogP contribution in [-0.2, 0) is 0 Å².